The molecule has 2 aromatic carbocycles. The zero-order chi connectivity index (χ0) is 26.6. The van der Waals surface area contributed by atoms with E-state index in [1.54, 1.807) is 37.3 Å². The van der Waals surface area contributed by atoms with Crippen LogP contribution in [0.4, 0.5) is 5.13 Å². The molecule has 0 radical (unpaired) electrons. The molecule has 0 fully saturated rings. The largest absolute Gasteiger partial charge is 0.493 e. The number of anilines is 1. The van der Waals surface area contributed by atoms with E-state index in [1.165, 1.54) is 26.2 Å². The Kier molecular flexibility index (Phi) is 5.99. The zero-order valence-electron chi connectivity index (χ0n) is 21.1. The molecule has 5 rings (SSSR count). The van der Waals surface area contributed by atoms with Crippen LogP contribution in [0.3, 0.4) is 0 Å². The smallest absolute Gasteiger partial charge is 0.350 e. The Bertz CT molecular complexity index is 1650. The number of amides is 1. The van der Waals surface area contributed by atoms with Crippen molar-refractivity contribution < 1.29 is 28.2 Å². The highest BCUT2D eigenvalue weighted by molar-refractivity contribution is 7.17. The van der Waals surface area contributed by atoms with Crippen molar-refractivity contribution in [3.05, 3.63) is 79.1 Å². The summed E-state index contributed by atoms with van der Waals surface area (Å²) in [5.74, 6) is -0.218. The Labute approximate surface area is 216 Å². The lowest BCUT2D eigenvalue weighted by atomic mass is 9.97. The molecule has 1 amide bonds. The van der Waals surface area contributed by atoms with Gasteiger partial charge < -0.3 is 18.6 Å². The first kappa shape index (κ1) is 24.5. The van der Waals surface area contributed by atoms with Gasteiger partial charge >= 0.3 is 5.97 Å². The molecule has 190 valence electrons. The van der Waals surface area contributed by atoms with Gasteiger partial charge in [0.1, 0.15) is 10.5 Å². The summed E-state index contributed by atoms with van der Waals surface area (Å²) in [7, 11) is 4.31. The highest BCUT2D eigenvalue weighted by atomic mass is 32.1. The minimum atomic E-state index is -0.874. The van der Waals surface area contributed by atoms with Gasteiger partial charge in [0.25, 0.3) is 5.91 Å². The van der Waals surface area contributed by atoms with E-state index in [1.807, 2.05) is 13.8 Å². The Morgan fingerprint density at radius 3 is 2.38 bits per heavy atom. The lowest BCUT2D eigenvalue weighted by Gasteiger charge is -2.23. The summed E-state index contributed by atoms with van der Waals surface area (Å²) in [6.07, 6.45) is 0. The molecule has 4 aromatic rings. The second kappa shape index (κ2) is 9.04. The monoisotopic (exact) mass is 520 g/mol. The van der Waals surface area contributed by atoms with Gasteiger partial charge in [0.2, 0.25) is 5.76 Å². The molecule has 3 heterocycles. The molecule has 0 N–H and O–H groups in total. The Hall–Kier alpha value is -4.18. The third kappa shape index (κ3) is 3.75. The van der Waals surface area contributed by atoms with Crippen LogP contribution in [-0.4, -0.2) is 38.2 Å². The Morgan fingerprint density at radius 2 is 1.70 bits per heavy atom. The molecule has 1 aliphatic rings. The summed E-state index contributed by atoms with van der Waals surface area (Å²) in [5.41, 5.74) is 3.09. The van der Waals surface area contributed by atoms with Crippen LogP contribution in [0.5, 0.6) is 11.5 Å². The molecular formula is C27H24N2O7S. The maximum atomic E-state index is 13.9. The van der Waals surface area contributed by atoms with E-state index >= 15 is 0 Å². The molecule has 37 heavy (non-hydrogen) atoms. The minimum absolute atomic E-state index is 0.0620. The molecule has 0 aliphatic carbocycles. The molecule has 0 saturated carbocycles. The second-order valence-electron chi connectivity index (χ2n) is 8.70. The van der Waals surface area contributed by atoms with Crippen molar-refractivity contribution in [2.24, 2.45) is 0 Å². The first-order chi connectivity index (χ1) is 17.7. The van der Waals surface area contributed by atoms with Crippen molar-refractivity contribution in [1.82, 2.24) is 4.98 Å². The van der Waals surface area contributed by atoms with Crippen LogP contribution in [0.1, 0.15) is 54.2 Å². The SMILES string of the molecule is COC(=O)c1sc(N2C(=O)c3oc4cc(C)c(C)cc4c(=O)c3C2c2ccc(OC)c(OC)c2)nc1C. The third-order valence-corrected chi connectivity index (χ3v) is 7.71. The number of esters is 1. The summed E-state index contributed by atoms with van der Waals surface area (Å²) in [5, 5.41) is 0.623. The molecule has 1 unspecified atom stereocenters. The van der Waals surface area contributed by atoms with Crippen LogP contribution in [0.2, 0.25) is 0 Å². The predicted octanol–water partition coefficient (Wildman–Crippen LogP) is 4.73. The highest BCUT2D eigenvalue weighted by Crippen LogP contribution is 2.45. The fraction of sp³-hybridized carbons (Fsp3) is 0.259. The van der Waals surface area contributed by atoms with Gasteiger partial charge in [-0.1, -0.05) is 17.4 Å². The number of benzene rings is 2. The predicted molar refractivity (Wildman–Crippen MR) is 138 cm³/mol. The number of nitrogens with zero attached hydrogens (tertiary/aromatic N) is 2. The normalized spacial score (nSPS) is 14.7. The van der Waals surface area contributed by atoms with Gasteiger partial charge in [0.05, 0.1) is 44.0 Å². The molecule has 2 aromatic heterocycles. The van der Waals surface area contributed by atoms with Crippen LogP contribution in [0.25, 0.3) is 11.0 Å². The van der Waals surface area contributed by atoms with Gasteiger partial charge in [-0.2, -0.15) is 0 Å². The number of rotatable bonds is 5. The van der Waals surface area contributed by atoms with Crippen molar-refractivity contribution >= 4 is 39.3 Å². The zero-order valence-corrected chi connectivity index (χ0v) is 21.9. The molecule has 1 atom stereocenters. The van der Waals surface area contributed by atoms with Crippen LogP contribution in [-0.2, 0) is 4.74 Å². The number of hydrogen-bond donors (Lipinski definition) is 0. The number of carbonyl (C=O) groups is 2. The van der Waals surface area contributed by atoms with Crippen molar-refractivity contribution in [1.29, 1.82) is 0 Å². The maximum absolute atomic E-state index is 13.9. The molecule has 10 heteroatoms. The lowest BCUT2D eigenvalue weighted by Crippen LogP contribution is -2.29. The van der Waals surface area contributed by atoms with Gasteiger partial charge in [-0.3, -0.25) is 14.5 Å². The summed E-state index contributed by atoms with van der Waals surface area (Å²) < 4.78 is 21.8. The van der Waals surface area contributed by atoms with Crippen LogP contribution in [0.15, 0.2) is 39.5 Å². The summed E-state index contributed by atoms with van der Waals surface area (Å²) >= 11 is 1.01. The number of aromatic nitrogens is 1. The first-order valence-electron chi connectivity index (χ1n) is 11.4. The number of aryl methyl sites for hydroxylation is 3. The number of hydrogen-bond acceptors (Lipinski definition) is 9. The fourth-order valence-corrected chi connectivity index (χ4v) is 5.54. The van der Waals surface area contributed by atoms with E-state index in [2.05, 4.69) is 4.98 Å². The lowest BCUT2D eigenvalue weighted by molar-refractivity contribution is 0.0605. The topological polar surface area (TPSA) is 108 Å². The molecule has 0 bridgehead atoms. The Balaban J connectivity index is 1.80. The van der Waals surface area contributed by atoms with Crippen LogP contribution < -0.4 is 19.8 Å². The van der Waals surface area contributed by atoms with Crippen molar-refractivity contribution in [3.8, 4) is 11.5 Å². The number of carbonyl (C=O) groups excluding carboxylic acids is 2. The average Bonchev–Trinajstić information content (AvgIpc) is 3.41. The fourth-order valence-electron chi connectivity index (χ4n) is 4.53. The van der Waals surface area contributed by atoms with Crippen molar-refractivity contribution in [2.75, 3.05) is 26.2 Å². The minimum Gasteiger partial charge on any atom is -0.493 e. The van der Waals surface area contributed by atoms with E-state index in [-0.39, 0.29) is 26.8 Å². The highest BCUT2D eigenvalue weighted by Gasteiger charge is 2.45. The average molecular weight is 521 g/mol. The van der Waals surface area contributed by atoms with Crippen LogP contribution >= 0.6 is 11.3 Å². The standard InChI is InChI=1S/C27H24N2O7S/c1-12-9-16-18(10-13(12)2)36-23-20(22(16)30)21(15-7-8-17(33-4)19(11-15)34-5)29(25(23)31)27-28-14(3)24(37-27)26(32)35-6/h7-11,21H,1-6H3. The van der Waals surface area contributed by atoms with Gasteiger partial charge in [-0.25, -0.2) is 9.78 Å². The maximum Gasteiger partial charge on any atom is 0.350 e. The van der Waals surface area contributed by atoms with Gasteiger partial charge in [-0.05, 0) is 61.7 Å². The molecule has 9 nitrogen and oxygen atoms in total. The third-order valence-electron chi connectivity index (χ3n) is 6.57. The summed E-state index contributed by atoms with van der Waals surface area (Å²) in [6.45, 7) is 5.49. The van der Waals surface area contributed by atoms with Crippen molar-refractivity contribution in [3.63, 3.8) is 0 Å². The van der Waals surface area contributed by atoms with E-state index in [0.717, 1.165) is 22.5 Å². The first-order valence-corrected chi connectivity index (χ1v) is 12.2. The molecule has 0 saturated heterocycles. The Morgan fingerprint density at radius 1 is 1.00 bits per heavy atom. The van der Waals surface area contributed by atoms with Crippen molar-refractivity contribution in [2.45, 2.75) is 26.8 Å². The second-order valence-corrected chi connectivity index (χ2v) is 9.68. The number of methoxy groups -OCH3 is 3. The summed E-state index contributed by atoms with van der Waals surface area (Å²) in [4.78, 5) is 46.2. The molecule has 0 spiro atoms. The summed E-state index contributed by atoms with van der Waals surface area (Å²) in [6, 6.07) is 7.84. The van der Waals surface area contributed by atoms with E-state index in [0.29, 0.717) is 33.7 Å². The van der Waals surface area contributed by atoms with Gasteiger partial charge in [-0.15, -0.1) is 0 Å². The molecular weight excluding hydrogens is 496 g/mol. The number of ether oxygens (including phenoxy) is 3. The van der Waals surface area contributed by atoms with Gasteiger partial charge in [0, 0.05) is 0 Å². The van der Waals surface area contributed by atoms with Crippen LogP contribution in [0, 0.1) is 20.8 Å². The van der Waals surface area contributed by atoms with Gasteiger partial charge in [0.15, 0.2) is 22.1 Å². The molecule has 1 aliphatic heterocycles. The quantitative estimate of drug-likeness (QED) is 0.348. The van der Waals surface area contributed by atoms with E-state index in [9.17, 15) is 14.4 Å². The van der Waals surface area contributed by atoms with E-state index < -0.39 is 17.9 Å². The number of fused-ring (bicyclic) bond motifs is 2. The van der Waals surface area contributed by atoms with E-state index in [4.69, 9.17) is 18.6 Å². The number of thiazole rings is 1.